The molecule has 2 aromatic rings. The lowest BCUT2D eigenvalue weighted by molar-refractivity contribution is -0.156. The summed E-state index contributed by atoms with van der Waals surface area (Å²) in [7, 11) is -3.51. The van der Waals surface area contributed by atoms with Crippen molar-refractivity contribution in [2.45, 2.75) is 51.6 Å². The van der Waals surface area contributed by atoms with Crippen LogP contribution in [0.3, 0.4) is 0 Å². The Balaban J connectivity index is 2.16. The highest BCUT2D eigenvalue weighted by atomic mass is 32.2. The summed E-state index contributed by atoms with van der Waals surface area (Å²) in [4.78, 5) is 12.3. The van der Waals surface area contributed by atoms with E-state index in [1.54, 1.807) is 43.3 Å². The minimum Gasteiger partial charge on any atom is -0.491 e. The number of ether oxygens (including phenoxy) is 2. The zero-order valence-electron chi connectivity index (χ0n) is 19.2. The second kappa shape index (κ2) is 10.8. The van der Waals surface area contributed by atoms with Crippen molar-refractivity contribution in [2.24, 2.45) is 0 Å². The first-order valence-corrected chi connectivity index (χ1v) is 12.4. The van der Waals surface area contributed by atoms with Gasteiger partial charge in [-0.3, -0.25) is 4.18 Å². The summed E-state index contributed by atoms with van der Waals surface area (Å²) in [5.41, 5.74) is 0.481. The van der Waals surface area contributed by atoms with Gasteiger partial charge in [0.15, 0.2) is 0 Å². The van der Waals surface area contributed by atoms with Crippen molar-refractivity contribution in [2.75, 3.05) is 19.5 Å². The molecule has 0 aromatic heterocycles. The first-order valence-electron chi connectivity index (χ1n) is 10.6. The topological polar surface area (TPSA) is 99.1 Å². The first kappa shape index (κ1) is 25.7. The average Bonchev–Trinajstić information content (AvgIpc) is 2.72. The van der Waals surface area contributed by atoms with Gasteiger partial charge in [0.1, 0.15) is 24.7 Å². The fourth-order valence-corrected chi connectivity index (χ4v) is 3.88. The molecule has 2 rings (SSSR count). The standard InChI is InChI=1S/C24H32O7S/c1-6-22(19-9-11-20(12-10-19)29-15-16-30-32(5,27)28)24(4,23(25)26)31-21-13-7-18(8-14-21)17(2)3/h7-14,17,22H,6,15-16H2,1-5H3,(H,25,26). The highest BCUT2D eigenvalue weighted by Gasteiger charge is 2.44. The quantitative estimate of drug-likeness (QED) is 0.362. The Morgan fingerprint density at radius 1 is 0.969 bits per heavy atom. The smallest absolute Gasteiger partial charge is 0.348 e. The Morgan fingerprint density at radius 2 is 1.50 bits per heavy atom. The van der Waals surface area contributed by atoms with E-state index in [0.717, 1.165) is 17.4 Å². The van der Waals surface area contributed by atoms with Gasteiger partial charge in [0.2, 0.25) is 5.60 Å². The van der Waals surface area contributed by atoms with Gasteiger partial charge in [-0.15, -0.1) is 0 Å². The van der Waals surface area contributed by atoms with Crippen LogP contribution < -0.4 is 9.47 Å². The molecule has 2 atom stereocenters. The van der Waals surface area contributed by atoms with E-state index in [9.17, 15) is 18.3 Å². The molecule has 0 saturated carbocycles. The lowest BCUT2D eigenvalue weighted by Gasteiger charge is -2.34. The molecule has 0 aliphatic carbocycles. The molecular formula is C24H32O7S. The Morgan fingerprint density at radius 3 is 1.97 bits per heavy atom. The van der Waals surface area contributed by atoms with Gasteiger partial charge in [0, 0.05) is 5.92 Å². The summed E-state index contributed by atoms with van der Waals surface area (Å²) in [6.45, 7) is 7.69. The summed E-state index contributed by atoms with van der Waals surface area (Å²) in [6.07, 6.45) is 1.53. The minimum absolute atomic E-state index is 0.0753. The van der Waals surface area contributed by atoms with E-state index in [1.807, 2.05) is 19.1 Å². The van der Waals surface area contributed by atoms with Gasteiger partial charge in [-0.1, -0.05) is 45.0 Å². The van der Waals surface area contributed by atoms with Gasteiger partial charge in [0.05, 0.1) is 6.26 Å². The van der Waals surface area contributed by atoms with Crippen molar-refractivity contribution in [3.63, 3.8) is 0 Å². The number of hydrogen-bond acceptors (Lipinski definition) is 6. The van der Waals surface area contributed by atoms with Crippen LogP contribution in [-0.2, 0) is 19.1 Å². The Labute approximate surface area is 190 Å². The molecule has 0 spiro atoms. The summed E-state index contributed by atoms with van der Waals surface area (Å²) in [6, 6.07) is 14.5. The van der Waals surface area contributed by atoms with E-state index in [-0.39, 0.29) is 13.2 Å². The Bertz CT molecular complexity index is 982. The molecule has 2 aromatic carbocycles. The number of benzene rings is 2. The van der Waals surface area contributed by atoms with Gasteiger partial charge in [-0.25, -0.2) is 4.79 Å². The zero-order chi connectivity index (χ0) is 23.9. The van der Waals surface area contributed by atoms with Gasteiger partial charge in [0.25, 0.3) is 10.1 Å². The molecule has 0 fully saturated rings. The van der Waals surface area contributed by atoms with E-state index in [4.69, 9.17) is 9.47 Å². The second-order valence-electron chi connectivity index (χ2n) is 8.14. The van der Waals surface area contributed by atoms with Gasteiger partial charge in [-0.05, 0) is 54.7 Å². The number of carbonyl (C=O) groups is 1. The predicted octanol–water partition coefficient (Wildman–Crippen LogP) is 4.58. The average molecular weight is 465 g/mol. The van der Waals surface area contributed by atoms with Crippen LogP contribution in [0.5, 0.6) is 11.5 Å². The second-order valence-corrected chi connectivity index (χ2v) is 9.79. The molecule has 8 heteroatoms. The van der Waals surface area contributed by atoms with Crippen molar-refractivity contribution in [3.05, 3.63) is 59.7 Å². The van der Waals surface area contributed by atoms with E-state index < -0.39 is 27.6 Å². The SMILES string of the molecule is CCC(c1ccc(OCCOS(C)(=O)=O)cc1)C(C)(Oc1ccc(C(C)C)cc1)C(=O)O. The van der Waals surface area contributed by atoms with Crippen LogP contribution in [0.2, 0.25) is 0 Å². The summed E-state index contributed by atoms with van der Waals surface area (Å²) in [5.74, 6) is -0.0496. The normalized spacial score (nSPS) is 14.6. The van der Waals surface area contributed by atoms with Gasteiger partial charge >= 0.3 is 5.97 Å². The highest BCUT2D eigenvalue weighted by molar-refractivity contribution is 7.85. The summed E-state index contributed by atoms with van der Waals surface area (Å²) < 4.78 is 38.1. The molecule has 0 bridgehead atoms. The fourth-order valence-electron chi connectivity index (χ4n) is 3.51. The maximum atomic E-state index is 12.3. The molecule has 0 saturated heterocycles. The van der Waals surface area contributed by atoms with Crippen LogP contribution in [0.1, 0.15) is 57.1 Å². The van der Waals surface area contributed by atoms with E-state index in [0.29, 0.717) is 23.8 Å². The monoisotopic (exact) mass is 464 g/mol. The molecule has 0 amide bonds. The van der Waals surface area contributed by atoms with Gasteiger partial charge in [-0.2, -0.15) is 8.42 Å². The fraction of sp³-hybridized carbons (Fsp3) is 0.458. The Kier molecular flexibility index (Phi) is 8.69. The van der Waals surface area contributed by atoms with Crippen LogP contribution in [0.4, 0.5) is 0 Å². The number of carboxylic acids is 1. The van der Waals surface area contributed by atoms with Crippen LogP contribution in [-0.4, -0.2) is 44.6 Å². The first-order chi connectivity index (χ1) is 15.0. The molecule has 176 valence electrons. The number of aliphatic carboxylic acids is 1. The molecule has 2 unspecified atom stereocenters. The maximum absolute atomic E-state index is 12.3. The van der Waals surface area contributed by atoms with Crippen molar-refractivity contribution < 1.29 is 32.0 Å². The van der Waals surface area contributed by atoms with Crippen LogP contribution in [0.25, 0.3) is 0 Å². The third kappa shape index (κ3) is 6.97. The molecule has 7 nitrogen and oxygen atoms in total. The molecule has 0 radical (unpaired) electrons. The van der Waals surface area contributed by atoms with Crippen molar-refractivity contribution in [1.82, 2.24) is 0 Å². The number of carboxylic acid groups (broad SMARTS) is 1. The van der Waals surface area contributed by atoms with Crippen molar-refractivity contribution in [3.8, 4) is 11.5 Å². The van der Waals surface area contributed by atoms with Crippen molar-refractivity contribution >= 4 is 16.1 Å². The third-order valence-electron chi connectivity index (χ3n) is 5.31. The van der Waals surface area contributed by atoms with Crippen molar-refractivity contribution in [1.29, 1.82) is 0 Å². The predicted molar refractivity (Wildman–Crippen MR) is 123 cm³/mol. The summed E-state index contributed by atoms with van der Waals surface area (Å²) >= 11 is 0. The van der Waals surface area contributed by atoms with Gasteiger partial charge < -0.3 is 14.6 Å². The lowest BCUT2D eigenvalue weighted by atomic mass is 9.81. The highest BCUT2D eigenvalue weighted by Crippen LogP contribution is 2.36. The molecule has 32 heavy (non-hydrogen) atoms. The molecule has 0 aliphatic heterocycles. The van der Waals surface area contributed by atoms with Crippen LogP contribution in [0, 0.1) is 0 Å². The summed E-state index contributed by atoms with van der Waals surface area (Å²) in [5, 5.41) is 10.1. The molecule has 1 N–H and O–H groups in total. The number of hydrogen-bond donors (Lipinski definition) is 1. The Hall–Kier alpha value is -2.58. The van der Waals surface area contributed by atoms with E-state index in [2.05, 4.69) is 18.0 Å². The van der Waals surface area contributed by atoms with Crippen LogP contribution >= 0.6 is 0 Å². The van der Waals surface area contributed by atoms with E-state index >= 15 is 0 Å². The molecular weight excluding hydrogens is 432 g/mol. The zero-order valence-corrected chi connectivity index (χ0v) is 20.0. The molecule has 0 heterocycles. The van der Waals surface area contributed by atoms with Crippen LogP contribution in [0.15, 0.2) is 48.5 Å². The lowest BCUT2D eigenvalue weighted by Crippen LogP contribution is -2.47. The maximum Gasteiger partial charge on any atom is 0.348 e. The largest absolute Gasteiger partial charge is 0.491 e. The molecule has 0 aliphatic rings. The third-order valence-corrected chi connectivity index (χ3v) is 5.90. The number of rotatable bonds is 12. The minimum atomic E-state index is -3.51. The van der Waals surface area contributed by atoms with E-state index in [1.165, 1.54) is 0 Å².